The molecule has 21 heavy (non-hydrogen) atoms. The summed E-state index contributed by atoms with van der Waals surface area (Å²) in [6, 6.07) is 7.53. The highest BCUT2D eigenvalue weighted by molar-refractivity contribution is 5.35. The Morgan fingerprint density at radius 2 is 2.10 bits per heavy atom. The predicted octanol–water partition coefficient (Wildman–Crippen LogP) is 1.80. The SMILES string of the molecule is O=[N+]([O-])c1ccc(OCCNC2CCN3CCCC23)cc1. The number of ether oxygens (including phenoxy) is 1. The monoisotopic (exact) mass is 291 g/mol. The van der Waals surface area contributed by atoms with Crippen LogP contribution in [0.3, 0.4) is 0 Å². The van der Waals surface area contributed by atoms with E-state index in [2.05, 4.69) is 10.2 Å². The molecule has 2 saturated heterocycles. The number of benzene rings is 1. The summed E-state index contributed by atoms with van der Waals surface area (Å²) < 4.78 is 5.61. The Morgan fingerprint density at radius 1 is 1.29 bits per heavy atom. The van der Waals surface area contributed by atoms with Crippen molar-refractivity contribution in [2.75, 3.05) is 26.2 Å². The molecule has 1 aromatic rings. The van der Waals surface area contributed by atoms with Gasteiger partial charge in [0, 0.05) is 37.3 Å². The van der Waals surface area contributed by atoms with E-state index in [9.17, 15) is 10.1 Å². The summed E-state index contributed by atoms with van der Waals surface area (Å²) in [6.07, 6.45) is 3.85. The summed E-state index contributed by atoms with van der Waals surface area (Å²) in [5, 5.41) is 14.1. The zero-order chi connectivity index (χ0) is 14.7. The van der Waals surface area contributed by atoms with Crippen LogP contribution in [0.25, 0.3) is 0 Å². The summed E-state index contributed by atoms with van der Waals surface area (Å²) in [4.78, 5) is 12.7. The Kier molecular flexibility index (Phi) is 4.36. The third-order valence-electron chi connectivity index (χ3n) is 4.43. The smallest absolute Gasteiger partial charge is 0.269 e. The van der Waals surface area contributed by atoms with Crippen LogP contribution in [0.5, 0.6) is 5.75 Å². The summed E-state index contributed by atoms with van der Waals surface area (Å²) in [7, 11) is 0. The molecule has 2 heterocycles. The number of nitrogens with one attached hydrogen (secondary N) is 1. The molecule has 2 unspecified atom stereocenters. The van der Waals surface area contributed by atoms with Crippen molar-refractivity contribution < 1.29 is 9.66 Å². The van der Waals surface area contributed by atoms with E-state index in [1.807, 2.05) is 0 Å². The van der Waals surface area contributed by atoms with Crippen molar-refractivity contribution in [3.05, 3.63) is 34.4 Å². The molecule has 0 bridgehead atoms. The van der Waals surface area contributed by atoms with Crippen LogP contribution in [0, 0.1) is 10.1 Å². The largest absolute Gasteiger partial charge is 0.492 e. The van der Waals surface area contributed by atoms with E-state index in [4.69, 9.17) is 4.74 Å². The topological polar surface area (TPSA) is 67.6 Å². The van der Waals surface area contributed by atoms with Crippen molar-refractivity contribution in [1.29, 1.82) is 0 Å². The highest BCUT2D eigenvalue weighted by atomic mass is 16.6. The molecule has 3 rings (SSSR count). The van der Waals surface area contributed by atoms with E-state index < -0.39 is 4.92 Å². The van der Waals surface area contributed by atoms with Crippen LogP contribution in [0.15, 0.2) is 24.3 Å². The Labute approximate surface area is 124 Å². The van der Waals surface area contributed by atoms with E-state index in [0.29, 0.717) is 24.4 Å². The van der Waals surface area contributed by atoms with Crippen molar-refractivity contribution in [1.82, 2.24) is 10.2 Å². The van der Waals surface area contributed by atoms with Crippen LogP contribution in [0.1, 0.15) is 19.3 Å². The van der Waals surface area contributed by atoms with Gasteiger partial charge in [-0.3, -0.25) is 15.0 Å². The van der Waals surface area contributed by atoms with Crippen LogP contribution in [0.4, 0.5) is 5.69 Å². The molecule has 0 amide bonds. The first kappa shape index (κ1) is 14.3. The Balaban J connectivity index is 1.39. The average Bonchev–Trinajstić information content (AvgIpc) is 3.08. The highest BCUT2D eigenvalue weighted by Gasteiger charge is 2.36. The maximum atomic E-state index is 10.6. The Bertz CT molecular complexity index is 491. The quantitative estimate of drug-likeness (QED) is 0.492. The van der Waals surface area contributed by atoms with Gasteiger partial charge in [-0.15, -0.1) is 0 Å². The van der Waals surface area contributed by atoms with Crippen molar-refractivity contribution in [2.24, 2.45) is 0 Å². The first-order valence-corrected chi connectivity index (χ1v) is 7.59. The van der Waals surface area contributed by atoms with Gasteiger partial charge in [0.15, 0.2) is 0 Å². The Hall–Kier alpha value is -1.66. The summed E-state index contributed by atoms with van der Waals surface area (Å²) in [6.45, 7) is 3.86. The fourth-order valence-electron chi connectivity index (χ4n) is 3.40. The number of rotatable bonds is 6. The fourth-order valence-corrected chi connectivity index (χ4v) is 3.40. The molecule has 2 aliphatic heterocycles. The number of hydrogen-bond acceptors (Lipinski definition) is 5. The maximum absolute atomic E-state index is 10.6. The summed E-state index contributed by atoms with van der Waals surface area (Å²) in [5.74, 6) is 0.677. The lowest BCUT2D eigenvalue weighted by Gasteiger charge is -2.21. The lowest BCUT2D eigenvalue weighted by molar-refractivity contribution is -0.384. The molecule has 0 radical (unpaired) electrons. The number of nitro groups is 1. The molecule has 0 aromatic heterocycles. The van der Waals surface area contributed by atoms with Gasteiger partial charge >= 0.3 is 0 Å². The van der Waals surface area contributed by atoms with Gasteiger partial charge in [0.25, 0.3) is 5.69 Å². The second-order valence-corrected chi connectivity index (χ2v) is 5.69. The van der Waals surface area contributed by atoms with Gasteiger partial charge in [0.05, 0.1) is 4.92 Å². The van der Waals surface area contributed by atoms with Crippen LogP contribution in [0.2, 0.25) is 0 Å². The number of fused-ring (bicyclic) bond motifs is 1. The zero-order valence-electron chi connectivity index (χ0n) is 12.0. The van der Waals surface area contributed by atoms with Gasteiger partial charge in [-0.2, -0.15) is 0 Å². The average molecular weight is 291 g/mol. The number of nitrogens with zero attached hydrogens (tertiary/aromatic N) is 2. The van der Waals surface area contributed by atoms with E-state index in [0.717, 1.165) is 6.54 Å². The standard InChI is InChI=1S/C15H21N3O3/c19-18(20)12-3-5-13(6-4-12)21-11-8-16-14-7-10-17-9-1-2-15(14)17/h3-6,14-16H,1-2,7-11H2. The van der Waals surface area contributed by atoms with Gasteiger partial charge in [-0.05, 0) is 37.9 Å². The van der Waals surface area contributed by atoms with Crippen molar-refractivity contribution in [2.45, 2.75) is 31.3 Å². The lowest BCUT2D eigenvalue weighted by atomic mass is 10.1. The minimum absolute atomic E-state index is 0.0905. The molecular weight excluding hydrogens is 270 g/mol. The minimum atomic E-state index is -0.404. The van der Waals surface area contributed by atoms with E-state index in [-0.39, 0.29) is 5.69 Å². The third kappa shape index (κ3) is 3.33. The van der Waals surface area contributed by atoms with Crippen molar-refractivity contribution >= 4 is 5.69 Å². The summed E-state index contributed by atoms with van der Waals surface area (Å²) >= 11 is 0. The third-order valence-corrected chi connectivity index (χ3v) is 4.43. The van der Waals surface area contributed by atoms with Gasteiger partial charge in [0.1, 0.15) is 12.4 Å². The molecule has 6 nitrogen and oxygen atoms in total. The first-order valence-electron chi connectivity index (χ1n) is 7.59. The number of nitro benzene ring substituents is 1. The van der Waals surface area contributed by atoms with Gasteiger partial charge < -0.3 is 10.1 Å². The van der Waals surface area contributed by atoms with E-state index >= 15 is 0 Å². The Morgan fingerprint density at radius 3 is 2.86 bits per heavy atom. The molecule has 0 spiro atoms. The molecule has 2 fully saturated rings. The van der Waals surface area contributed by atoms with E-state index in [1.54, 1.807) is 12.1 Å². The number of non-ortho nitro benzene ring substituents is 1. The molecule has 114 valence electrons. The first-order chi connectivity index (χ1) is 10.2. The fraction of sp³-hybridized carbons (Fsp3) is 0.600. The molecule has 0 saturated carbocycles. The normalized spacial score (nSPS) is 25.0. The number of hydrogen-bond donors (Lipinski definition) is 1. The van der Waals surface area contributed by atoms with Crippen LogP contribution in [-0.4, -0.2) is 48.1 Å². The van der Waals surface area contributed by atoms with Crippen molar-refractivity contribution in [3.8, 4) is 5.75 Å². The molecule has 1 aromatic carbocycles. The van der Waals surface area contributed by atoms with Crippen LogP contribution >= 0.6 is 0 Å². The predicted molar refractivity (Wildman–Crippen MR) is 79.6 cm³/mol. The minimum Gasteiger partial charge on any atom is -0.492 e. The zero-order valence-corrected chi connectivity index (χ0v) is 12.0. The highest BCUT2D eigenvalue weighted by Crippen LogP contribution is 2.27. The molecule has 2 aliphatic rings. The molecule has 1 N–H and O–H groups in total. The summed E-state index contributed by atoms with van der Waals surface area (Å²) in [5.41, 5.74) is 0.0905. The van der Waals surface area contributed by atoms with E-state index in [1.165, 1.54) is 44.5 Å². The molecule has 6 heteroatoms. The van der Waals surface area contributed by atoms with Crippen LogP contribution in [-0.2, 0) is 0 Å². The molecule has 0 aliphatic carbocycles. The maximum Gasteiger partial charge on any atom is 0.269 e. The molecule has 2 atom stereocenters. The van der Waals surface area contributed by atoms with Crippen LogP contribution < -0.4 is 10.1 Å². The molecular formula is C15H21N3O3. The van der Waals surface area contributed by atoms with Crippen molar-refractivity contribution in [3.63, 3.8) is 0 Å². The second kappa shape index (κ2) is 6.41. The van der Waals surface area contributed by atoms with Gasteiger partial charge in [-0.25, -0.2) is 0 Å². The second-order valence-electron chi connectivity index (χ2n) is 5.69. The lowest BCUT2D eigenvalue weighted by Crippen LogP contribution is -2.40. The van der Waals surface area contributed by atoms with Gasteiger partial charge in [-0.1, -0.05) is 0 Å². The van der Waals surface area contributed by atoms with Gasteiger partial charge in [0.2, 0.25) is 0 Å².